The molecular formula is C16H18N4O2S. The number of nitrogens with two attached hydrogens (primary N) is 1. The number of rotatable bonds is 3. The molecule has 0 spiro atoms. The van der Waals surface area contributed by atoms with E-state index < -0.39 is 5.91 Å². The van der Waals surface area contributed by atoms with E-state index in [2.05, 4.69) is 9.88 Å². The highest BCUT2D eigenvalue weighted by Gasteiger charge is 2.23. The number of nitrogens with zero attached hydrogens (tertiary/aromatic N) is 3. The van der Waals surface area contributed by atoms with Crippen LogP contribution < -0.4 is 10.6 Å². The largest absolute Gasteiger partial charge is 0.368 e. The lowest BCUT2D eigenvalue weighted by Gasteiger charge is -2.36. The number of aromatic nitrogens is 1. The van der Waals surface area contributed by atoms with Gasteiger partial charge in [-0.1, -0.05) is 0 Å². The van der Waals surface area contributed by atoms with E-state index in [4.69, 9.17) is 5.73 Å². The Morgan fingerprint density at radius 1 is 1.13 bits per heavy atom. The van der Waals surface area contributed by atoms with Crippen molar-refractivity contribution in [3.63, 3.8) is 0 Å². The molecule has 1 aromatic carbocycles. The topological polar surface area (TPSA) is 79.5 Å². The average molecular weight is 330 g/mol. The van der Waals surface area contributed by atoms with Crippen molar-refractivity contribution >= 4 is 28.8 Å². The van der Waals surface area contributed by atoms with E-state index in [1.807, 2.05) is 24.0 Å². The zero-order chi connectivity index (χ0) is 16.4. The zero-order valence-corrected chi connectivity index (χ0v) is 13.7. The minimum absolute atomic E-state index is 0.0549. The van der Waals surface area contributed by atoms with Gasteiger partial charge in [0, 0.05) is 37.4 Å². The Balaban J connectivity index is 1.61. The number of aryl methyl sites for hydroxylation is 1. The molecule has 0 saturated carbocycles. The second-order valence-electron chi connectivity index (χ2n) is 5.43. The van der Waals surface area contributed by atoms with Gasteiger partial charge in [-0.2, -0.15) is 0 Å². The highest BCUT2D eigenvalue weighted by molar-refractivity contribution is 7.13. The third kappa shape index (κ3) is 3.34. The van der Waals surface area contributed by atoms with Gasteiger partial charge in [-0.25, -0.2) is 4.98 Å². The van der Waals surface area contributed by atoms with Gasteiger partial charge in [0.2, 0.25) is 5.91 Å². The smallest absolute Gasteiger partial charge is 0.265 e. The number of primary amides is 1. The molecule has 0 bridgehead atoms. The third-order valence-corrected chi connectivity index (χ3v) is 4.82. The molecule has 2 amide bonds. The van der Waals surface area contributed by atoms with Gasteiger partial charge in [-0.05, 0) is 31.2 Å². The normalized spacial score (nSPS) is 14.8. The lowest BCUT2D eigenvalue weighted by Crippen LogP contribution is -2.48. The summed E-state index contributed by atoms with van der Waals surface area (Å²) < 4.78 is 0. The molecule has 0 atom stereocenters. The molecule has 2 heterocycles. The summed E-state index contributed by atoms with van der Waals surface area (Å²) in [5, 5.41) is 0.904. The first kappa shape index (κ1) is 15.5. The summed E-state index contributed by atoms with van der Waals surface area (Å²) in [5.41, 5.74) is 6.79. The van der Waals surface area contributed by atoms with Crippen LogP contribution in [0.2, 0.25) is 0 Å². The van der Waals surface area contributed by atoms with Crippen LogP contribution in [-0.2, 0) is 0 Å². The first-order valence-corrected chi connectivity index (χ1v) is 8.23. The van der Waals surface area contributed by atoms with Gasteiger partial charge in [0.25, 0.3) is 5.91 Å². The van der Waals surface area contributed by atoms with Gasteiger partial charge in [-0.15, -0.1) is 11.3 Å². The fourth-order valence-electron chi connectivity index (χ4n) is 2.62. The van der Waals surface area contributed by atoms with Crippen molar-refractivity contribution in [2.75, 3.05) is 31.1 Å². The van der Waals surface area contributed by atoms with Crippen LogP contribution >= 0.6 is 11.3 Å². The first-order valence-electron chi connectivity index (χ1n) is 7.41. The van der Waals surface area contributed by atoms with Crippen molar-refractivity contribution in [3.8, 4) is 0 Å². The number of hydrogen-bond donors (Lipinski definition) is 1. The van der Waals surface area contributed by atoms with E-state index in [0.29, 0.717) is 23.5 Å². The molecule has 0 aliphatic carbocycles. The number of hydrogen-bond acceptors (Lipinski definition) is 5. The monoisotopic (exact) mass is 330 g/mol. The third-order valence-electron chi connectivity index (χ3n) is 3.92. The van der Waals surface area contributed by atoms with Gasteiger partial charge in [0.1, 0.15) is 4.88 Å². The van der Waals surface area contributed by atoms with E-state index in [9.17, 15) is 9.59 Å². The molecule has 1 aliphatic rings. The Hall–Kier alpha value is -2.41. The summed E-state index contributed by atoms with van der Waals surface area (Å²) in [5.74, 6) is -0.369. The summed E-state index contributed by atoms with van der Waals surface area (Å²) in [6.07, 6.45) is 1.65. The van der Waals surface area contributed by atoms with Crippen molar-refractivity contribution in [1.29, 1.82) is 0 Å². The number of benzene rings is 1. The van der Waals surface area contributed by atoms with Gasteiger partial charge in [0.15, 0.2) is 0 Å². The molecule has 3 rings (SSSR count). The fraction of sp³-hybridized carbons (Fsp3) is 0.312. The molecule has 1 saturated heterocycles. The van der Waals surface area contributed by atoms with Gasteiger partial charge >= 0.3 is 0 Å². The van der Waals surface area contributed by atoms with E-state index in [0.717, 1.165) is 23.8 Å². The summed E-state index contributed by atoms with van der Waals surface area (Å²) in [6, 6.07) is 7.25. The molecule has 2 aromatic rings. The van der Waals surface area contributed by atoms with Crippen molar-refractivity contribution in [2.45, 2.75) is 6.92 Å². The second-order valence-corrected chi connectivity index (χ2v) is 6.67. The minimum Gasteiger partial charge on any atom is -0.368 e. The maximum Gasteiger partial charge on any atom is 0.265 e. The summed E-state index contributed by atoms with van der Waals surface area (Å²) in [6.45, 7) is 4.77. The Kier molecular flexibility index (Phi) is 4.29. The van der Waals surface area contributed by atoms with E-state index in [-0.39, 0.29) is 5.91 Å². The van der Waals surface area contributed by atoms with E-state index in [1.54, 1.807) is 18.3 Å². The van der Waals surface area contributed by atoms with Crippen LogP contribution in [0.15, 0.2) is 30.5 Å². The lowest BCUT2D eigenvalue weighted by molar-refractivity contribution is 0.0751. The van der Waals surface area contributed by atoms with Crippen LogP contribution in [0.5, 0.6) is 0 Å². The summed E-state index contributed by atoms with van der Waals surface area (Å²) >= 11 is 1.43. The SMILES string of the molecule is Cc1ncc(C(=O)N2CCN(c3ccc(C(N)=O)cc3)CC2)s1. The van der Waals surface area contributed by atoms with Crippen LogP contribution in [0.1, 0.15) is 25.0 Å². The molecule has 23 heavy (non-hydrogen) atoms. The standard InChI is InChI=1S/C16H18N4O2S/c1-11-18-10-14(23-11)16(22)20-8-6-19(7-9-20)13-4-2-12(3-5-13)15(17)21/h2-5,10H,6-9H2,1H3,(H2,17,21). The Labute approximate surface area is 138 Å². The average Bonchev–Trinajstić information content (AvgIpc) is 3.01. The van der Waals surface area contributed by atoms with Crippen LogP contribution in [0.25, 0.3) is 0 Å². The number of amides is 2. The van der Waals surface area contributed by atoms with Crippen LogP contribution in [-0.4, -0.2) is 47.9 Å². The molecule has 2 N–H and O–H groups in total. The van der Waals surface area contributed by atoms with Gasteiger partial charge in [0.05, 0.1) is 11.2 Å². The quantitative estimate of drug-likeness (QED) is 0.925. The predicted molar refractivity (Wildman–Crippen MR) is 89.9 cm³/mol. The van der Waals surface area contributed by atoms with Crippen molar-refractivity contribution in [3.05, 3.63) is 45.9 Å². The Morgan fingerprint density at radius 3 is 2.30 bits per heavy atom. The fourth-order valence-corrected chi connectivity index (χ4v) is 3.37. The molecule has 1 fully saturated rings. The minimum atomic E-state index is -0.424. The van der Waals surface area contributed by atoms with E-state index in [1.165, 1.54) is 11.3 Å². The zero-order valence-electron chi connectivity index (χ0n) is 12.9. The maximum atomic E-state index is 12.4. The van der Waals surface area contributed by atoms with Crippen molar-refractivity contribution < 1.29 is 9.59 Å². The van der Waals surface area contributed by atoms with Crippen molar-refractivity contribution in [2.24, 2.45) is 5.73 Å². The second kappa shape index (κ2) is 6.37. The molecule has 0 unspecified atom stereocenters. The molecule has 1 aromatic heterocycles. The summed E-state index contributed by atoms with van der Waals surface area (Å²) in [7, 11) is 0. The van der Waals surface area contributed by atoms with Gasteiger partial charge in [-0.3, -0.25) is 9.59 Å². The number of piperazine rings is 1. The highest BCUT2D eigenvalue weighted by Crippen LogP contribution is 2.19. The van der Waals surface area contributed by atoms with Crippen LogP contribution in [0, 0.1) is 6.92 Å². The molecular weight excluding hydrogens is 312 g/mol. The molecule has 1 aliphatic heterocycles. The number of anilines is 1. The number of carbonyl (C=O) groups excluding carboxylic acids is 2. The Morgan fingerprint density at radius 2 is 1.78 bits per heavy atom. The van der Waals surface area contributed by atoms with Gasteiger partial charge < -0.3 is 15.5 Å². The summed E-state index contributed by atoms with van der Waals surface area (Å²) in [4.78, 5) is 32.4. The molecule has 7 heteroatoms. The van der Waals surface area contributed by atoms with Crippen LogP contribution in [0.3, 0.4) is 0 Å². The van der Waals surface area contributed by atoms with Crippen molar-refractivity contribution in [1.82, 2.24) is 9.88 Å². The Bertz CT molecular complexity index is 718. The highest BCUT2D eigenvalue weighted by atomic mass is 32.1. The predicted octanol–water partition coefficient (Wildman–Crippen LogP) is 1.51. The number of thiazole rings is 1. The molecule has 6 nitrogen and oxygen atoms in total. The number of carbonyl (C=O) groups is 2. The first-order chi connectivity index (χ1) is 11.0. The molecule has 120 valence electrons. The van der Waals surface area contributed by atoms with E-state index >= 15 is 0 Å². The molecule has 0 radical (unpaired) electrons. The lowest BCUT2D eigenvalue weighted by atomic mass is 10.1. The van der Waals surface area contributed by atoms with Crippen LogP contribution in [0.4, 0.5) is 5.69 Å². The maximum absolute atomic E-state index is 12.4.